The summed E-state index contributed by atoms with van der Waals surface area (Å²) in [6, 6.07) is 4.52. The summed E-state index contributed by atoms with van der Waals surface area (Å²) in [4.78, 5) is 26.3. The van der Waals surface area contributed by atoms with Crippen molar-refractivity contribution in [2.75, 3.05) is 24.8 Å². The standard InChI is InChI=1S/C13H13N3O8S/c1-22-10-6-4-8(12(14-10)23-2)15(25(3,20)21)13(17)9-5-7-11(24-9)16(18)19/h4-7H,1-3H3. The van der Waals surface area contributed by atoms with Crippen LogP contribution in [0.1, 0.15) is 10.6 Å². The lowest BCUT2D eigenvalue weighted by Gasteiger charge is -2.20. The summed E-state index contributed by atoms with van der Waals surface area (Å²) in [6.07, 6.45) is 0.784. The number of carbonyl (C=O) groups is 1. The number of carbonyl (C=O) groups excluding carboxylic acids is 1. The van der Waals surface area contributed by atoms with E-state index in [4.69, 9.17) is 13.9 Å². The van der Waals surface area contributed by atoms with Crippen LogP contribution in [0.25, 0.3) is 0 Å². The van der Waals surface area contributed by atoms with Gasteiger partial charge in [-0.15, -0.1) is 0 Å². The van der Waals surface area contributed by atoms with E-state index < -0.39 is 32.5 Å². The quantitative estimate of drug-likeness (QED) is 0.540. The lowest BCUT2D eigenvalue weighted by molar-refractivity contribution is -0.402. The maximum Gasteiger partial charge on any atom is 0.433 e. The Bertz CT molecular complexity index is 921. The molecule has 134 valence electrons. The number of hydrogen-bond donors (Lipinski definition) is 0. The monoisotopic (exact) mass is 371 g/mol. The van der Waals surface area contributed by atoms with Gasteiger partial charge in [0.2, 0.25) is 27.5 Å². The molecule has 2 heterocycles. The smallest absolute Gasteiger partial charge is 0.433 e. The number of pyridine rings is 1. The first-order chi connectivity index (χ1) is 11.7. The van der Waals surface area contributed by atoms with E-state index >= 15 is 0 Å². The maximum atomic E-state index is 12.6. The minimum absolute atomic E-state index is 0.134. The summed E-state index contributed by atoms with van der Waals surface area (Å²) < 4.78 is 39.3. The van der Waals surface area contributed by atoms with Crippen molar-refractivity contribution in [3.63, 3.8) is 0 Å². The second kappa shape index (κ2) is 6.76. The van der Waals surface area contributed by atoms with Gasteiger partial charge in [0.15, 0.2) is 0 Å². The molecule has 0 aliphatic rings. The highest BCUT2D eigenvalue weighted by molar-refractivity contribution is 7.92. The van der Waals surface area contributed by atoms with E-state index in [0.29, 0.717) is 4.31 Å². The second-order valence-corrected chi connectivity index (χ2v) is 6.44. The molecule has 0 saturated heterocycles. The van der Waals surface area contributed by atoms with Crippen LogP contribution in [0.2, 0.25) is 0 Å². The molecule has 1 amide bonds. The van der Waals surface area contributed by atoms with Gasteiger partial charge in [-0.05, 0) is 12.1 Å². The molecule has 0 unspecified atom stereocenters. The highest BCUT2D eigenvalue weighted by Gasteiger charge is 2.33. The summed E-state index contributed by atoms with van der Waals surface area (Å²) in [5.41, 5.74) is -0.199. The van der Waals surface area contributed by atoms with Crippen molar-refractivity contribution < 1.29 is 32.0 Å². The van der Waals surface area contributed by atoms with Gasteiger partial charge >= 0.3 is 11.8 Å². The van der Waals surface area contributed by atoms with Crippen LogP contribution in [0.3, 0.4) is 0 Å². The van der Waals surface area contributed by atoms with Gasteiger partial charge in [-0.2, -0.15) is 9.29 Å². The number of sulfonamides is 1. The van der Waals surface area contributed by atoms with Crippen LogP contribution < -0.4 is 13.8 Å². The molecule has 0 aromatic carbocycles. The molecule has 0 N–H and O–H groups in total. The lowest BCUT2D eigenvalue weighted by atomic mass is 10.3. The van der Waals surface area contributed by atoms with E-state index in [1.54, 1.807) is 0 Å². The Morgan fingerprint density at radius 3 is 2.40 bits per heavy atom. The molecule has 0 bridgehead atoms. The van der Waals surface area contributed by atoms with Crippen molar-refractivity contribution in [2.45, 2.75) is 0 Å². The van der Waals surface area contributed by atoms with Crippen LogP contribution in [0.15, 0.2) is 28.7 Å². The van der Waals surface area contributed by atoms with Crippen molar-refractivity contribution in [3.05, 3.63) is 40.1 Å². The molecule has 0 spiro atoms. The zero-order valence-electron chi connectivity index (χ0n) is 13.3. The van der Waals surface area contributed by atoms with Crippen molar-refractivity contribution in [1.29, 1.82) is 0 Å². The number of furan rings is 1. The van der Waals surface area contributed by atoms with E-state index in [2.05, 4.69) is 4.98 Å². The molecule has 0 saturated carbocycles. The Labute approximate surface area is 142 Å². The molecule has 0 radical (unpaired) electrons. The van der Waals surface area contributed by atoms with Crippen LogP contribution >= 0.6 is 0 Å². The highest BCUT2D eigenvalue weighted by Crippen LogP contribution is 2.32. The van der Waals surface area contributed by atoms with Gasteiger partial charge in [-0.25, -0.2) is 8.42 Å². The van der Waals surface area contributed by atoms with E-state index in [1.807, 2.05) is 0 Å². The molecule has 2 rings (SSSR count). The first-order valence-corrected chi connectivity index (χ1v) is 8.41. The molecular weight excluding hydrogens is 358 g/mol. The number of aromatic nitrogens is 1. The number of amides is 1. The minimum atomic E-state index is -4.14. The number of hydrogen-bond acceptors (Lipinski definition) is 9. The first-order valence-electron chi connectivity index (χ1n) is 6.57. The molecule has 2 aromatic rings. The number of nitro groups is 1. The van der Waals surface area contributed by atoms with Crippen molar-refractivity contribution in [1.82, 2.24) is 4.98 Å². The molecule has 0 atom stereocenters. The van der Waals surface area contributed by atoms with E-state index in [9.17, 15) is 23.3 Å². The summed E-state index contributed by atoms with van der Waals surface area (Å²) in [7, 11) is -1.56. The number of rotatable bonds is 6. The fraction of sp³-hybridized carbons (Fsp3) is 0.231. The van der Waals surface area contributed by atoms with Crippen LogP contribution in [-0.4, -0.2) is 44.7 Å². The van der Waals surface area contributed by atoms with Crippen molar-refractivity contribution in [2.24, 2.45) is 0 Å². The van der Waals surface area contributed by atoms with E-state index in [1.165, 1.54) is 26.4 Å². The summed E-state index contributed by atoms with van der Waals surface area (Å²) in [6.45, 7) is 0. The van der Waals surface area contributed by atoms with Gasteiger partial charge in [0.25, 0.3) is 0 Å². The summed E-state index contributed by atoms with van der Waals surface area (Å²) in [5.74, 6) is -2.43. The average Bonchev–Trinajstić information content (AvgIpc) is 3.04. The Morgan fingerprint density at radius 1 is 1.24 bits per heavy atom. The Morgan fingerprint density at radius 2 is 1.92 bits per heavy atom. The predicted octanol–water partition coefficient (Wildman–Crippen LogP) is 1.21. The van der Waals surface area contributed by atoms with Gasteiger partial charge < -0.3 is 13.9 Å². The van der Waals surface area contributed by atoms with Crippen molar-refractivity contribution >= 4 is 27.5 Å². The second-order valence-electron chi connectivity index (χ2n) is 4.61. The van der Waals surface area contributed by atoms with E-state index in [0.717, 1.165) is 18.4 Å². The van der Waals surface area contributed by atoms with Crippen molar-refractivity contribution in [3.8, 4) is 11.8 Å². The molecule has 2 aromatic heterocycles. The lowest BCUT2D eigenvalue weighted by Crippen LogP contribution is -2.36. The molecule has 12 heteroatoms. The highest BCUT2D eigenvalue weighted by atomic mass is 32.2. The minimum Gasteiger partial charge on any atom is -0.481 e. The normalized spacial score (nSPS) is 11.0. The Hall–Kier alpha value is -3.15. The molecule has 0 fully saturated rings. The molecule has 0 aliphatic heterocycles. The van der Waals surface area contributed by atoms with Crippen LogP contribution in [0.4, 0.5) is 11.6 Å². The third-order valence-corrected chi connectivity index (χ3v) is 3.96. The number of nitrogens with zero attached hydrogens (tertiary/aromatic N) is 3. The topological polar surface area (TPSA) is 142 Å². The molecule has 25 heavy (non-hydrogen) atoms. The summed E-state index contributed by atoms with van der Waals surface area (Å²) in [5, 5.41) is 10.7. The zero-order valence-corrected chi connectivity index (χ0v) is 14.1. The molecular formula is C13H13N3O8S. The average molecular weight is 371 g/mol. The number of ether oxygens (including phenoxy) is 2. The van der Waals surface area contributed by atoms with Gasteiger partial charge in [0.05, 0.1) is 26.5 Å². The van der Waals surface area contributed by atoms with Gasteiger partial charge in [-0.3, -0.25) is 14.9 Å². The third-order valence-electron chi connectivity index (χ3n) is 2.93. The van der Waals surface area contributed by atoms with Crippen LogP contribution in [-0.2, 0) is 10.0 Å². The predicted molar refractivity (Wildman–Crippen MR) is 84.4 cm³/mol. The van der Waals surface area contributed by atoms with Gasteiger partial charge in [0, 0.05) is 6.07 Å². The van der Waals surface area contributed by atoms with Gasteiger partial charge in [-0.1, -0.05) is 0 Å². The summed E-state index contributed by atoms with van der Waals surface area (Å²) >= 11 is 0. The SMILES string of the molecule is COc1ccc(N(C(=O)c2ccc([N+](=O)[O-])o2)S(C)(=O)=O)c(OC)n1. The Balaban J connectivity index is 2.57. The first kappa shape index (κ1) is 18.2. The van der Waals surface area contributed by atoms with Crippen LogP contribution in [0.5, 0.6) is 11.8 Å². The molecule has 0 aliphatic carbocycles. The fourth-order valence-corrected chi connectivity index (χ4v) is 2.80. The van der Waals surface area contributed by atoms with Gasteiger partial charge in [0.1, 0.15) is 10.6 Å². The van der Waals surface area contributed by atoms with Crippen LogP contribution in [0, 0.1) is 10.1 Å². The number of methoxy groups -OCH3 is 2. The van der Waals surface area contributed by atoms with E-state index in [-0.39, 0.29) is 17.4 Å². The molecule has 11 nitrogen and oxygen atoms in total. The zero-order chi connectivity index (χ0) is 18.8. The fourth-order valence-electron chi connectivity index (χ4n) is 1.91. The Kier molecular flexibility index (Phi) is 4.92. The largest absolute Gasteiger partial charge is 0.481 e. The number of anilines is 1. The maximum absolute atomic E-state index is 12.6. The third kappa shape index (κ3) is 3.68.